The molecule has 0 radical (unpaired) electrons. The highest BCUT2D eigenvalue weighted by Gasteiger charge is 2.26. The number of amides is 2. The van der Waals surface area contributed by atoms with Crippen LogP contribution in [0.25, 0.3) is 0 Å². The number of carbonyl (C=O) groups excluding carboxylic acids is 2. The number of benzene rings is 1. The molecule has 0 bridgehead atoms. The highest BCUT2D eigenvalue weighted by atomic mass is 32.2. The molecule has 1 aliphatic carbocycles. The second-order valence-corrected chi connectivity index (χ2v) is 11.7. The van der Waals surface area contributed by atoms with E-state index in [9.17, 15) is 14.9 Å². The summed E-state index contributed by atoms with van der Waals surface area (Å²) < 4.78 is 1.90. The molecular weight excluding hydrogens is 516 g/mol. The third-order valence-corrected chi connectivity index (χ3v) is 8.46. The van der Waals surface area contributed by atoms with Crippen LogP contribution in [0, 0.1) is 17.2 Å². The quantitative estimate of drug-likeness (QED) is 0.241. The van der Waals surface area contributed by atoms with Crippen molar-refractivity contribution in [2.75, 3.05) is 11.1 Å². The highest BCUT2D eigenvalue weighted by molar-refractivity contribution is 7.99. The number of hydrogen-bond donors (Lipinski definition) is 2. The van der Waals surface area contributed by atoms with Crippen LogP contribution in [0.2, 0.25) is 0 Å². The maximum absolute atomic E-state index is 12.9. The van der Waals surface area contributed by atoms with Crippen molar-refractivity contribution in [1.29, 1.82) is 5.26 Å². The number of nitrogens with one attached hydrogen (secondary N) is 2. The standard InChI is InChI=1S/C28H32N6O2S2/c1-4-14-34-25(22(15-18(2)3)30-26(36)19-10-6-5-7-11-19)32-33-28(34)37-17-24(35)31-27-21(16-29)20-12-8-9-13-23(20)38-27/h4-7,10-11,18,22H,1,8-9,12-15,17H2,2-3H3,(H,30,36)(H,31,35). The Hall–Kier alpha value is -3.42. The van der Waals surface area contributed by atoms with Gasteiger partial charge in [0.2, 0.25) is 5.91 Å². The number of fused-ring (bicyclic) bond motifs is 1. The zero-order valence-electron chi connectivity index (χ0n) is 21.7. The van der Waals surface area contributed by atoms with E-state index in [2.05, 4.69) is 47.3 Å². The average Bonchev–Trinajstić information content (AvgIpc) is 3.47. The van der Waals surface area contributed by atoms with Gasteiger partial charge in [-0.1, -0.05) is 49.9 Å². The average molecular weight is 549 g/mol. The van der Waals surface area contributed by atoms with Crippen molar-refractivity contribution in [2.24, 2.45) is 5.92 Å². The molecule has 1 aliphatic rings. The number of nitrogens with zero attached hydrogens (tertiary/aromatic N) is 4. The van der Waals surface area contributed by atoms with E-state index in [1.807, 2.05) is 22.8 Å². The van der Waals surface area contributed by atoms with Crippen molar-refractivity contribution in [1.82, 2.24) is 20.1 Å². The summed E-state index contributed by atoms with van der Waals surface area (Å²) >= 11 is 2.79. The lowest BCUT2D eigenvalue weighted by molar-refractivity contribution is -0.113. The van der Waals surface area contributed by atoms with E-state index in [0.29, 0.717) is 46.0 Å². The molecule has 198 valence electrons. The Kier molecular flexibility index (Phi) is 9.37. The Morgan fingerprint density at radius 1 is 1.24 bits per heavy atom. The molecule has 3 aromatic rings. The van der Waals surface area contributed by atoms with Gasteiger partial charge in [-0.3, -0.25) is 9.59 Å². The molecule has 0 fully saturated rings. The van der Waals surface area contributed by atoms with E-state index in [4.69, 9.17) is 0 Å². The SMILES string of the molecule is C=CCn1c(SCC(=O)Nc2sc3c(c2C#N)CCCC3)nnc1C(CC(C)C)NC(=O)c1ccccc1. The summed E-state index contributed by atoms with van der Waals surface area (Å²) in [5, 5.41) is 25.7. The van der Waals surface area contributed by atoms with E-state index in [1.165, 1.54) is 28.0 Å². The first-order chi connectivity index (χ1) is 18.4. The number of aryl methyl sites for hydroxylation is 1. The molecule has 1 atom stereocenters. The maximum atomic E-state index is 12.9. The molecule has 2 amide bonds. The van der Waals surface area contributed by atoms with Crippen LogP contribution in [-0.4, -0.2) is 32.3 Å². The molecule has 2 aromatic heterocycles. The first-order valence-electron chi connectivity index (χ1n) is 12.8. The smallest absolute Gasteiger partial charge is 0.251 e. The molecule has 2 heterocycles. The molecule has 8 nitrogen and oxygen atoms in total. The van der Waals surface area contributed by atoms with Gasteiger partial charge in [0.05, 0.1) is 17.4 Å². The van der Waals surface area contributed by atoms with Crippen LogP contribution in [-0.2, 0) is 24.2 Å². The van der Waals surface area contributed by atoms with Gasteiger partial charge in [0.1, 0.15) is 11.1 Å². The third kappa shape index (κ3) is 6.52. The Labute approximate surface area is 231 Å². The van der Waals surface area contributed by atoms with Crippen LogP contribution in [0.5, 0.6) is 0 Å². The molecular formula is C28H32N6O2S2. The van der Waals surface area contributed by atoms with E-state index in [0.717, 1.165) is 31.2 Å². The number of thioether (sulfide) groups is 1. The fraction of sp³-hybridized carbons (Fsp3) is 0.393. The van der Waals surface area contributed by atoms with Crippen molar-refractivity contribution >= 4 is 39.9 Å². The van der Waals surface area contributed by atoms with Gasteiger partial charge in [-0.05, 0) is 55.7 Å². The molecule has 1 unspecified atom stereocenters. The van der Waals surface area contributed by atoms with Crippen molar-refractivity contribution in [3.8, 4) is 6.07 Å². The fourth-order valence-electron chi connectivity index (χ4n) is 4.56. The molecule has 0 spiro atoms. The largest absolute Gasteiger partial charge is 0.342 e. The molecule has 10 heteroatoms. The lowest BCUT2D eigenvalue weighted by Crippen LogP contribution is -2.31. The van der Waals surface area contributed by atoms with E-state index >= 15 is 0 Å². The van der Waals surface area contributed by atoms with Crippen LogP contribution in [0.4, 0.5) is 5.00 Å². The van der Waals surface area contributed by atoms with Crippen molar-refractivity contribution in [2.45, 2.75) is 63.7 Å². The topological polar surface area (TPSA) is 113 Å². The summed E-state index contributed by atoms with van der Waals surface area (Å²) in [5.41, 5.74) is 2.27. The van der Waals surface area contributed by atoms with Crippen LogP contribution in [0.3, 0.4) is 0 Å². The molecule has 1 aromatic carbocycles. The summed E-state index contributed by atoms with van der Waals surface area (Å²) in [5.74, 6) is 0.676. The normalized spacial score (nSPS) is 13.4. The highest BCUT2D eigenvalue weighted by Crippen LogP contribution is 2.37. The number of anilines is 1. The Morgan fingerprint density at radius 3 is 2.71 bits per heavy atom. The first kappa shape index (κ1) is 27.6. The minimum Gasteiger partial charge on any atom is -0.342 e. The number of carbonyl (C=O) groups is 2. The number of aromatic nitrogens is 3. The van der Waals surface area contributed by atoms with E-state index < -0.39 is 0 Å². The number of rotatable bonds is 11. The maximum Gasteiger partial charge on any atom is 0.251 e. The third-order valence-electron chi connectivity index (χ3n) is 6.29. The Bertz CT molecular complexity index is 1340. The molecule has 4 rings (SSSR count). The molecule has 2 N–H and O–H groups in total. The predicted molar refractivity (Wildman–Crippen MR) is 151 cm³/mol. The van der Waals surface area contributed by atoms with Gasteiger partial charge in [-0.25, -0.2) is 0 Å². The van der Waals surface area contributed by atoms with Crippen LogP contribution >= 0.6 is 23.1 Å². The monoisotopic (exact) mass is 548 g/mol. The Balaban J connectivity index is 1.49. The Morgan fingerprint density at radius 2 is 2.00 bits per heavy atom. The van der Waals surface area contributed by atoms with Crippen molar-refractivity contribution in [3.05, 3.63) is 70.4 Å². The van der Waals surface area contributed by atoms with Gasteiger partial charge >= 0.3 is 0 Å². The summed E-state index contributed by atoms with van der Waals surface area (Å²) in [6, 6.07) is 11.0. The van der Waals surface area contributed by atoms with Crippen LogP contribution in [0.15, 0.2) is 48.1 Å². The summed E-state index contributed by atoms with van der Waals surface area (Å²) in [4.78, 5) is 27.0. The lowest BCUT2D eigenvalue weighted by Gasteiger charge is -2.21. The van der Waals surface area contributed by atoms with Crippen LogP contribution in [0.1, 0.15) is 71.3 Å². The minimum atomic E-state index is -0.353. The molecule has 0 saturated heterocycles. The molecule has 38 heavy (non-hydrogen) atoms. The number of allylic oxidation sites excluding steroid dienone is 1. The second kappa shape index (κ2) is 12.9. The van der Waals surface area contributed by atoms with Gasteiger partial charge in [0.15, 0.2) is 11.0 Å². The van der Waals surface area contributed by atoms with E-state index in [-0.39, 0.29) is 23.6 Å². The van der Waals surface area contributed by atoms with Gasteiger partial charge in [0.25, 0.3) is 5.91 Å². The molecule has 0 aliphatic heterocycles. The summed E-state index contributed by atoms with van der Waals surface area (Å²) in [6.07, 6.45) is 6.48. The summed E-state index contributed by atoms with van der Waals surface area (Å²) in [6.45, 7) is 8.49. The van der Waals surface area contributed by atoms with Crippen molar-refractivity contribution < 1.29 is 9.59 Å². The fourth-order valence-corrected chi connectivity index (χ4v) is 6.57. The second-order valence-electron chi connectivity index (χ2n) is 9.63. The minimum absolute atomic E-state index is 0.119. The van der Waals surface area contributed by atoms with Gasteiger partial charge in [-0.15, -0.1) is 28.1 Å². The van der Waals surface area contributed by atoms with E-state index in [1.54, 1.807) is 18.2 Å². The van der Waals surface area contributed by atoms with Gasteiger partial charge < -0.3 is 15.2 Å². The zero-order chi connectivity index (χ0) is 27.1. The predicted octanol–water partition coefficient (Wildman–Crippen LogP) is 5.52. The van der Waals surface area contributed by atoms with Crippen molar-refractivity contribution in [3.63, 3.8) is 0 Å². The first-order valence-corrected chi connectivity index (χ1v) is 14.6. The zero-order valence-corrected chi connectivity index (χ0v) is 23.3. The number of nitriles is 1. The van der Waals surface area contributed by atoms with Crippen LogP contribution < -0.4 is 10.6 Å². The summed E-state index contributed by atoms with van der Waals surface area (Å²) in [7, 11) is 0. The number of thiophene rings is 1. The van der Waals surface area contributed by atoms with Gasteiger partial charge in [-0.2, -0.15) is 5.26 Å². The van der Waals surface area contributed by atoms with Gasteiger partial charge in [0, 0.05) is 17.0 Å². The number of hydrogen-bond acceptors (Lipinski definition) is 7. The molecule has 0 saturated carbocycles. The lowest BCUT2D eigenvalue weighted by atomic mass is 9.96.